The maximum absolute atomic E-state index is 3.17. The van der Waals surface area contributed by atoms with Crippen molar-refractivity contribution in [2.45, 2.75) is 44.6 Å². The van der Waals surface area contributed by atoms with Gasteiger partial charge in [-0.1, -0.05) is 66.0 Å². The molecular weight excluding hydrogens is 248 g/mol. The Labute approximate surface area is 104 Å². The van der Waals surface area contributed by atoms with Crippen molar-refractivity contribution in [2.24, 2.45) is 0 Å². The van der Waals surface area contributed by atoms with E-state index in [0.29, 0.717) is 5.25 Å². The third-order valence-electron chi connectivity index (χ3n) is 0.925. The molecule has 0 aliphatic heterocycles. The molecule has 0 fully saturated rings. The van der Waals surface area contributed by atoms with E-state index in [1.165, 1.54) is 0 Å². The zero-order chi connectivity index (χ0) is 10.8. The third-order valence-corrected chi connectivity index (χ3v) is 6.28. The summed E-state index contributed by atoms with van der Waals surface area (Å²) >= 11 is 0. The van der Waals surface area contributed by atoms with Crippen molar-refractivity contribution in [1.82, 2.24) is 0 Å². The molecule has 82 valence electrons. The summed E-state index contributed by atoms with van der Waals surface area (Å²) in [5, 5.41) is 4.50. The number of hydrogen-bond acceptors (Lipinski definition) is 4. The van der Waals surface area contributed by atoms with Gasteiger partial charge >= 0.3 is 0 Å². The second kappa shape index (κ2) is 10.5. The molecule has 0 aliphatic rings. The molecule has 0 nitrogen and oxygen atoms in total. The first kappa shape index (κ1) is 15.0. The van der Waals surface area contributed by atoms with E-state index in [1.807, 2.05) is 32.4 Å². The maximum atomic E-state index is 3.17. The lowest BCUT2D eigenvalue weighted by Crippen LogP contribution is -1.82. The van der Waals surface area contributed by atoms with E-state index in [4.69, 9.17) is 0 Å². The lowest BCUT2D eigenvalue weighted by Gasteiger charge is -2.00. The van der Waals surface area contributed by atoms with Crippen molar-refractivity contribution in [3.63, 3.8) is 0 Å². The fourth-order valence-electron chi connectivity index (χ4n) is 0.478. The summed E-state index contributed by atoms with van der Waals surface area (Å²) in [6, 6.07) is 0. The number of rotatable bonds is 6. The molecule has 0 rings (SSSR count). The van der Waals surface area contributed by atoms with Crippen molar-refractivity contribution in [3.8, 4) is 11.2 Å². The minimum Gasteiger partial charge on any atom is -0.0929 e. The average molecular weight is 267 g/mol. The van der Waals surface area contributed by atoms with E-state index in [0.717, 1.165) is 17.4 Å². The molecule has 0 bridgehead atoms. The molecule has 0 spiro atoms. The molecule has 4 heteroatoms. The van der Waals surface area contributed by atoms with Gasteiger partial charge in [-0.2, -0.15) is 0 Å². The quantitative estimate of drug-likeness (QED) is 0.380. The van der Waals surface area contributed by atoms with Gasteiger partial charge in [0, 0.05) is 22.7 Å². The first-order valence-electron chi connectivity index (χ1n) is 4.71. The lowest BCUT2D eigenvalue weighted by molar-refractivity contribution is 1.12. The third kappa shape index (κ3) is 13.0. The van der Waals surface area contributed by atoms with Gasteiger partial charge < -0.3 is 0 Å². The summed E-state index contributed by atoms with van der Waals surface area (Å²) in [7, 11) is 7.36. The first-order valence-corrected chi connectivity index (χ1v) is 9.31. The fourth-order valence-corrected chi connectivity index (χ4v) is 3.69. The van der Waals surface area contributed by atoms with Crippen LogP contribution in [0.2, 0.25) is 0 Å². The summed E-state index contributed by atoms with van der Waals surface area (Å²) in [4.78, 5) is 0. The van der Waals surface area contributed by atoms with Gasteiger partial charge in [-0.05, 0) is 16.0 Å². The van der Waals surface area contributed by atoms with Crippen LogP contribution in [-0.4, -0.2) is 16.3 Å². The van der Waals surface area contributed by atoms with E-state index in [9.17, 15) is 0 Å². The molecule has 0 N–H and O–H groups in total. The van der Waals surface area contributed by atoms with Gasteiger partial charge in [-0.3, -0.25) is 0 Å². The molecule has 14 heavy (non-hydrogen) atoms. The van der Waals surface area contributed by atoms with Crippen LogP contribution in [0.3, 0.4) is 0 Å². The minimum absolute atomic E-state index is 0.667. The van der Waals surface area contributed by atoms with Gasteiger partial charge in [0.15, 0.2) is 0 Å². The molecule has 0 unspecified atom stereocenters. The predicted molar refractivity (Wildman–Crippen MR) is 77.9 cm³/mol. The van der Waals surface area contributed by atoms with Crippen LogP contribution in [0.4, 0.5) is 0 Å². The molecule has 0 saturated heterocycles. The standard InChI is InChI=1S/C10H18S4/c1-9(2)13-11-7-5-6-8-12-14-10(3)4/h9-10H,5,7H2,1-4H3. The summed E-state index contributed by atoms with van der Waals surface area (Å²) in [5.41, 5.74) is 0. The molecule has 0 radical (unpaired) electrons. The molecule has 0 saturated carbocycles. The van der Waals surface area contributed by atoms with Crippen molar-refractivity contribution in [3.05, 3.63) is 0 Å². The van der Waals surface area contributed by atoms with Crippen LogP contribution in [0.25, 0.3) is 0 Å². The van der Waals surface area contributed by atoms with Crippen LogP contribution in [0.1, 0.15) is 34.1 Å². The van der Waals surface area contributed by atoms with Crippen LogP contribution in [0, 0.1) is 11.2 Å². The monoisotopic (exact) mass is 266 g/mol. The maximum Gasteiger partial charge on any atom is 0.0197 e. The Morgan fingerprint density at radius 1 is 1.00 bits per heavy atom. The van der Waals surface area contributed by atoms with Crippen LogP contribution < -0.4 is 0 Å². The second-order valence-corrected chi connectivity index (χ2v) is 8.87. The summed E-state index contributed by atoms with van der Waals surface area (Å²) in [6.07, 6.45) is 1.01. The van der Waals surface area contributed by atoms with Gasteiger partial charge in [0.1, 0.15) is 0 Å². The molecule has 0 heterocycles. The van der Waals surface area contributed by atoms with E-state index in [2.05, 4.69) is 38.9 Å². The Kier molecular flexibility index (Phi) is 11.2. The van der Waals surface area contributed by atoms with Gasteiger partial charge in [-0.15, -0.1) is 0 Å². The zero-order valence-electron chi connectivity index (χ0n) is 9.20. The van der Waals surface area contributed by atoms with Crippen molar-refractivity contribution >= 4 is 43.2 Å². The van der Waals surface area contributed by atoms with Crippen LogP contribution in [0.5, 0.6) is 0 Å². The minimum atomic E-state index is 0.667. The lowest BCUT2D eigenvalue weighted by atomic mass is 10.5. The highest BCUT2D eigenvalue weighted by molar-refractivity contribution is 8.78. The van der Waals surface area contributed by atoms with E-state index < -0.39 is 0 Å². The topological polar surface area (TPSA) is 0 Å². The second-order valence-electron chi connectivity index (χ2n) is 3.22. The molecule has 0 amide bonds. The average Bonchev–Trinajstić information content (AvgIpc) is 2.08. The van der Waals surface area contributed by atoms with Gasteiger partial charge in [0.2, 0.25) is 0 Å². The van der Waals surface area contributed by atoms with E-state index in [1.54, 1.807) is 10.8 Å². The highest BCUT2D eigenvalue weighted by atomic mass is 33.1. The van der Waals surface area contributed by atoms with Crippen molar-refractivity contribution < 1.29 is 0 Å². The Morgan fingerprint density at radius 2 is 1.64 bits per heavy atom. The van der Waals surface area contributed by atoms with E-state index >= 15 is 0 Å². The fraction of sp³-hybridized carbons (Fsp3) is 0.800. The Bertz CT molecular complexity index is 178. The van der Waals surface area contributed by atoms with Crippen LogP contribution in [0.15, 0.2) is 0 Å². The molecule has 0 aromatic heterocycles. The summed E-state index contributed by atoms with van der Waals surface area (Å²) in [5.74, 6) is 4.31. The zero-order valence-corrected chi connectivity index (χ0v) is 12.5. The predicted octanol–water partition coefficient (Wildman–Crippen LogP) is 4.92. The molecule has 0 atom stereocenters. The molecular formula is C10H18S4. The van der Waals surface area contributed by atoms with E-state index in [-0.39, 0.29) is 0 Å². The summed E-state index contributed by atoms with van der Waals surface area (Å²) < 4.78 is 0. The molecule has 0 aliphatic carbocycles. The Balaban J connectivity index is 3.18. The number of hydrogen-bond donors (Lipinski definition) is 0. The van der Waals surface area contributed by atoms with Crippen LogP contribution in [-0.2, 0) is 0 Å². The normalized spacial score (nSPS) is 10.4. The van der Waals surface area contributed by atoms with Crippen molar-refractivity contribution in [1.29, 1.82) is 0 Å². The van der Waals surface area contributed by atoms with Gasteiger partial charge in [-0.25, -0.2) is 0 Å². The molecule has 0 aromatic carbocycles. The largest absolute Gasteiger partial charge is 0.0929 e. The SMILES string of the molecule is CC(C)SSC#CCCSSC(C)C. The van der Waals surface area contributed by atoms with Crippen LogP contribution >= 0.6 is 43.2 Å². The summed E-state index contributed by atoms with van der Waals surface area (Å²) in [6.45, 7) is 8.82. The van der Waals surface area contributed by atoms with Crippen molar-refractivity contribution in [2.75, 3.05) is 5.75 Å². The van der Waals surface area contributed by atoms with Gasteiger partial charge in [0.05, 0.1) is 0 Å². The Morgan fingerprint density at radius 3 is 2.21 bits per heavy atom. The highest BCUT2D eigenvalue weighted by Gasteiger charge is 1.93. The molecule has 0 aromatic rings. The Hall–Kier alpha value is 0.960. The van der Waals surface area contributed by atoms with Gasteiger partial charge in [0.25, 0.3) is 0 Å². The smallest absolute Gasteiger partial charge is 0.0197 e. The first-order chi connectivity index (χ1) is 6.63. The highest BCUT2D eigenvalue weighted by Crippen LogP contribution is 2.27.